The third-order valence-electron chi connectivity index (χ3n) is 6.61. The van der Waals surface area contributed by atoms with E-state index in [4.69, 9.17) is 26.6 Å². The van der Waals surface area contributed by atoms with Crippen molar-refractivity contribution in [1.82, 2.24) is 15.0 Å². The maximum Gasteiger partial charge on any atom is 0.164 e. The average Bonchev–Trinajstić information content (AvgIpc) is 3.36. The summed E-state index contributed by atoms with van der Waals surface area (Å²) in [5.41, 5.74) is 4.79. The van der Waals surface area contributed by atoms with Crippen molar-refractivity contribution in [3.63, 3.8) is 0 Å². The monoisotopic (exact) mass is 525 g/mol. The van der Waals surface area contributed by atoms with Gasteiger partial charge in [0.05, 0.1) is 0 Å². The van der Waals surface area contributed by atoms with Crippen molar-refractivity contribution >= 4 is 43.1 Å². The van der Waals surface area contributed by atoms with Crippen LogP contribution in [0.1, 0.15) is 0 Å². The molecular weight excluding hydrogens is 506 g/mol. The van der Waals surface area contributed by atoms with Crippen molar-refractivity contribution in [2.24, 2.45) is 0 Å². The zero-order valence-electron chi connectivity index (χ0n) is 20.2. The highest BCUT2D eigenvalue weighted by molar-refractivity contribution is 7.25. The van der Waals surface area contributed by atoms with E-state index in [1.807, 2.05) is 72.8 Å². The fourth-order valence-electron chi connectivity index (χ4n) is 4.72. The first kappa shape index (κ1) is 22.8. The second-order valence-corrected chi connectivity index (χ2v) is 10.5. The van der Waals surface area contributed by atoms with Gasteiger partial charge in [0, 0.05) is 47.4 Å². The summed E-state index contributed by atoms with van der Waals surface area (Å²) < 4.78 is 2.52. The molecule has 38 heavy (non-hydrogen) atoms. The fraction of sp³-hybridized carbons (Fsp3) is 0. The molecule has 2 heterocycles. The van der Waals surface area contributed by atoms with Crippen molar-refractivity contribution in [3.8, 4) is 45.3 Å². The van der Waals surface area contributed by atoms with E-state index in [9.17, 15) is 0 Å². The van der Waals surface area contributed by atoms with E-state index in [-0.39, 0.29) is 0 Å². The molecule has 0 saturated carbocycles. The third kappa shape index (κ3) is 4.14. The van der Waals surface area contributed by atoms with Gasteiger partial charge < -0.3 is 0 Å². The van der Waals surface area contributed by atoms with Gasteiger partial charge in [0.25, 0.3) is 0 Å². The maximum absolute atomic E-state index is 6.75. The average molecular weight is 526 g/mol. The minimum atomic E-state index is 0.610. The normalized spacial score (nSPS) is 11.3. The van der Waals surface area contributed by atoms with E-state index in [0.29, 0.717) is 22.5 Å². The summed E-state index contributed by atoms with van der Waals surface area (Å²) in [6.07, 6.45) is 0. The Morgan fingerprint density at radius 1 is 0.447 bits per heavy atom. The Morgan fingerprint density at radius 3 is 1.68 bits per heavy atom. The van der Waals surface area contributed by atoms with E-state index in [0.717, 1.165) is 27.8 Å². The molecule has 0 unspecified atom stereocenters. The highest BCUT2D eigenvalue weighted by Crippen LogP contribution is 2.39. The lowest BCUT2D eigenvalue weighted by atomic mass is 10.0. The number of rotatable bonds is 4. The Hall–Kier alpha value is -4.38. The van der Waals surface area contributed by atoms with Gasteiger partial charge >= 0.3 is 0 Å². The number of benzene rings is 5. The van der Waals surface area contributed by atoms with Crippen LogP contribution in [0.15, 0.2) is 121 Å². The molecule has 7 aromatic rings. The van der Waals surface area contributed by atoms with Crippen LogP contribution in [0.5, 0.6) is 0 Å². The van der Waals surface area contributed by atoms with Gasteiger partial charge in [-0.2, -0.15) is 0 Å². The minimum absolute atomic E-state index is 0.610. The van der Waals surface area contributed by atoms with E-state index >= 15 is 0 Å². The molecule has 0 aliphatic carbocycles. The number of halogens is 1. The van der Waals surface area contributed by atoms with Gasteiger partial charge in [-0.25, -0.2) is 15.0 Å². The zero-order valence-corrected chi connectivity index (χ0v) is 21.7. The Labute approximate surface area is 229 Å². The number of hydrogen-bond acceptors (Lipinski definition) is 4. The van der Waals surface area contributed by atoms with E-state index < -0.39 is 0 Å². The molecule has 0 atom stereocenters. The first-order chi connectivity index (χ1) is 18.7. The maximum atomic E-state index is 6.75. The fourth-order valence-corrected chi connectivity index (χ4v) is 6.09. The van der Waals surface area contributed by atoms with Crippen LogP contribution < -0.4 is 0 Å². The van der Waals surface area contributed by atoms with Gasteiger partial charge in [0.15, 0.2) is 17.5 Å². The molecule has 5 heteroatoms. The van der Waals surface area contributed by atoms with Crippen molar-refractivity contribution in [3.05, 3.63) is 126 Å². The molecular formula is C33H20ClN3S. The summed E-state index contributed by atoms with van der Waals surface area (Å²) >= 11 is 8.55. The lowest BCUT2D eigenvalue weighted by Crippen LogP contribution is -2.00. The molecule has 0 aliphatic heterocycles. The Bertz CT molecular complexity index is 1870. The van der Waals surface area contributed by atoms with Crippen LogP contribution in [0.25, 0.3) is 65.5 Å². The van der Waals surface area contributed by atoms with Crippen LogP contribution in [0, 0.1) is 0 Å². The van der Waals surface area contributed by atoms with Crippen LogP contribution in [-0.2, 0) is 0 Å². The highest BCUT2D eigenvalue weighted by atomic mass is 35.5. The smallest absolute Gasteiger partial charge is 0.164 e. The second-order valence-electron chi connectivity index (χ2n) is 9.04. The van der Waals surface area contributed by atoms with Gasteiger partial charge in [0.2, 0.25) is 0 Å². The predicted molar refractivity (Wildman–Crippen MR) is 159 cm³/mol. The third-order valence-corrected chi connectivity index (χ3v) is 8.08. The van der Waals surface area contributed by atoms with E-state index in [1.165, 1.54) is 20.2 Å². The lowest BCUT2D eigenvalue weighted by molar-refractivity contribution is 1.07. The molecule has 0 spiro atoms. The van der Waals surface area contributed by atoms with Crippen molar-refractivity contribution in [2.45, 2.75) is 0 Å². The molecule has 5 aromatic carbocycles. The van der Waals surface area contributed by atoms with Crippen LogP contribution >= 0.6 is 22.9 Å². The van der Waals surface area contributed by atoms with Crippen molar-refractivity contribution in [1.29, 1.82) is 0 Å². The van der Waals surface area contributed by atoms with Gasteiger partial charge in [-0.1, -0.05) is 103 Å². The lowest BCUT2D eigenvalue weighted by Gasteiger charge is -2.11. The summed E-state index contributed by atoms with van der Waals surface area (Å²) in [6.45, 7) is 0. The molecule has 0 bridgehead atoms. The molecule has 0 aliphatic rings. The van der Waals surface area contributed by atoms with E-state index in [1.54, 1.807) is 11.3 Å². The molecule has 0 amide bonds. The van der Waals surface area contributed by atoms with Crippen LogP contribution in [0.4, 0.5) is 0 Å². The zero-order chi connectivity index (χ0) is 25.5. The van der Waals surface area contributed by atoms with Crippen LogP contribution in [0.2, 0.25) is 5.02 Å². The molecule has 2 aromatic heterocycles. The van der Waals surface area contributed by atoms with Crippen LogP contribution in [0.3, 0.4) is 0 Å². The SMILES string of the molecule is Clc1ccc(-c2nc(-c3ccccc3)nc(-c3ccccc3)n2)cc1-c1ccc2c(c1)sc1ccccc12. The minimum Gasteiger partial charge on any atom is -0.208 e. The van der Waals surface area contributed by atoms with Crippen molar-refractivity contribution in [2.75, 3.05) is 0 Å². The summed E-state index contributed by atoms with van der Waals surface area (Å²) in [6, 6.07) is 41.1. The molecule has 0 N–H and O–H groups in total. The summed E-state index contributed by atoms with van der Waals surface area (Å²) in [4.78, 5) is 14.6. The predicted octanol–water partition coefficient (Wildman–Crippen LogP) is 9.56. The topological polar surface area (TPSA) is 38.7 Å². The van der Waals surface area contributed by atoms with Gasteiger partial charge in [-0.3, -0.25) is 0 Å². The first-order valence-electron chi connectivity index (χ1n) is 12.3. The molecule has 180 valence electrons. The highest BCUT2D eigenvalue weighted by Gasteiger charge is 2.15. The van der Waals surface area contributed by atoms with Gasteiger partial charge in [0.1, 0.15) is 0 Å². The Kier molecular flexibility index (Phi) is 5.69. The summed E-state index contributed by atoms with van der Waals surface area (Å²) in [5.74, 6) is 1.88. The number of hydrogen-bond donors (Lipinski definition) is 0. The van der Waals surface area contributed by atoms with Crippen LogP contribution in [-0.4, -0.2) is 15.0 Å². The number of thiophene rings is 1. The standard InChI is InChI=1S/C33H20ClN3S/c34-28-18-16-24(19-27(28)23-15-17-26-25-13-7-8-14-29(25)38-30(26)20-23)33-36-31(21-9-3-1-4-10-21)35-32(37-33)22-11-5-2-6-12-22/h1-20H. The number of nitrogens with zero attached hydrogens (tertiary/aromatic N) is 3. The molecule has 7 rings (SSSR count). The number of fused-ring (bicyclic) bond motifs is 3. The summed E-state index contributed by atoms with van der Waals surface area (Å²) in [7, 11) is 0. The molecule has 3 nitrogen and oxygen atoms in total. The van der Waals surface area contributed by atoms with Crippen molar-refractivity contribution < 1.29 is 0 Å². The quantitative estimate of drug-likeness (QED) is 0.229. The van der Waals surface area contributed by atoms with Gasteiger partial charge in [-0.05, 0) is 35.9 Å². The largest absolute Gasteiger partial charge is 0.208 e. The molecule has 0 saturated heterocycles. The Balaban J connectivity index is 1.38. The Morgan fingerprint density at radius 2 is 1.00 bits per heavy atom. The van der Waals surface area contributed by atoms with E-state index in [2.05, 4.69) is 48.5 Å². The molecule has 0 radical (unpaired) electrons. The summed E-state index contributed by atoms with van der Waals surface area (Å²) in [5, 5.41) is 3.24. The molecule has 0 fully saturated rings. The number of aromatic nitrogens is 3. The van der Waals surface area contributed by atoms with Gasteiger partial charge in [-0.15, -0.1) is 11.3 Å². The first-order valence-corrected chi connectivity index (χ1v) is 13.5. The second kappa shape index (κ2) is 9.49.